The van der Waals surface area contributed by atoms with Crippen molar-refractivity contribution in [3.63, 3.8) is 0 Å². The molecule has 4 rings (SSSR count). The van der Waals surface area contributed by atoms with Crippen LogP contribution < -0.4 is 5.73 Å². The third-order valence-corrected chi connectivity index (χ3v) is 5.40. The van der Waals surface area contributed by atoms with Gasteiger partial charge in [-0.15, -0.1) is 0 Å². The summed E-state index contributed by atoms with van der Waals surface area (Å²) in [6, 6.07) is 10.8. The minimum absolute atomic E-state index is 0.107. The highest BCUT2D eigenvalue weighted by Gasteiger charge is 2.26. The van der Waals surface area contributed by atoms with E-state index in [0.29, 0.717) is 42.4 Å². The number of hydrogen-bond donors (Lipinski definition) is 2. The van der Waals surface area contributed by atoms with Crippen molar-refractivity contribution in [1.82, 2.24) is 9.88 Å². The number of carboxylic acid groups (broad SMARTS) is 1. The second kappa shape index (κ2) is 7.16. The van der Waals surface area contributed by atoms with Gasteiger partial charge in [0, 0.05) is 19.0 Å². The molecule has 0 bridgehead atoms. The number of amides is 2. The fourth-order valence-electron chi connectivity index (χ4n) is 3.51. The molecule has 1 aliphatic heterocycles. The van der Waals surface area contributed by atoms with Gasteiger partial charge in [0.15, 0.2) is 11.5 Å². The number of primary amides is 1. The highest BCUT2D eigenvalue weighted by Crippen LogP contribution is 2.32. The molecule has 3 N–H and O–H groups in total. The molecule has 28 heavy (non-hydrogen) atoms. The number of carbonyl (C=O) groups excluding carboxylic acids is 1. The summed E-state index contributed by atoms with van der Waals surface area (Å²) in [4.78, 5) is 28.4. The number of carbonyl (C=O) groups is 2. The Morgan fingerprint density at radius 3 is 2.46 bits per heavy atom. The number of rotatable bonds is 3. The van der Waals surface area contributed by atoms with Gasteiger partial charge in [0.2, 0.25) is 5.91 Å². The average Bonchev–Trinajstić information content (AvgIpc) is 3.11. The van der Waals surface area contributed by atoms with Crippen molar-refractivity contribution in [2.45, 2.75) is 18.8 Å². The SMILES string of the molecule is NC(=O)c1ccc(-c2ccc3oc(C4CCN(C(=O)O)CC4)nc3c2)cc1Cl. The van der Waals surface area contributed by atoms with E-state index in [1.165, 1.54) is 4.90 Å². The predicted molar refractivity (Wildman–Crippen MR) is 105 cm³/mol. The van der Waals surface area contributed by atoms with Crippen molar-refractivity contribution in [3.8, 4) is 11.1 Å². The standard InChI is InChI=1S/C20H18ClN3O4/c21-15-9-12(1-3-14(15)18(22)25)13-2-4-17-16(10-13)23-19(28-17)11-5-7-24(8-6-11)20(26)27/h1-4,9-11H,5-8H2,(H2,22,25)(H,26,27). The fourth-order valence-corrected chi connectivity index (χ4v) is 3.79. The summed E-state index contributed by atoms with van der Waals surface area (Å²) < 4.78 is 5.90. The Morgan fingerprint density at radius 2 is 1.82 bits per heavy atom. The first kappa shape index (κ1) is 18.3. The number of hydrogen-bond acceptors (Lipinski definition) is 4. The van der Waals surface area contributed by atoms with Gasteiger partial charge in [-0.3, -0.25) is 4.79 Å². The van der Waals surface area contributed by atoms with E-state index in [4.69, 9.17) is 26.9 Å². The smallest absolute Gasteiger partial charge is 0.407 e. The number of likely N-dealkylation sites (tertiary alicyclic amines) is 1. The van der Waals surface area contributed by atoms with E-state index >= 15 is 0 Å². The van der Waals surface area contributed by atoms with Crippen molar-refractivity contribution >= 4 is 34.7 Å². The Kier molecular flexibility index (Phi) is 4.68. The predicted octanol–water partition coefficient (Wildman–Crippen LogP) is 4.10. The van der Waals surface area contributed by atoms with Gasteiger partial charge in [0.25, 0.3) is 0 Å². The van der Waals surface area contributed by atoms with Crippen LogP contribution in [0.3, 0.4) is 0 Å². The van der Waals surface area contributed by atoms with Gasteiger partial charge >= 0.3 is 6.09 Å². The number of nitrogens with zero attached hydrogens (tertiary/aromatic N) is 2. The summed E-state index contributed by atoms with van der Waals surface area (Å²) in [6.45, 7) is 0.962. The molecule has 7 nitrogen and oxygen atoms in total. The van der Waals surface area contributed by atoms with Crippen molar-refractivity contribution in [2.24, 2.45) is 5.73 Å². The van der Waals surface area contributed by atoms with Gasteiger partial charge in [-0.2, -0.15) is 0 Å². The van der Waals surface area contributed by atoms with E-state index < -0.39 is 12.0 Å². The molecular weight excluding hydrogens is 382 g/mol. The van der Waals surface area contributed by atoms with Crippen molar-refractivity contribution < 1.29 is 19.1 Å². The van der Waals surface area contributed by atoms with Crippen molar-refractivity contribution in [3.05, 3.63) is 52.9 Å². The largest absolute Gasteiger partial charge is 0.465 e. The lowest BCUT2D eigenvalue weighted by Gasteiger charge is -2.28. The van der Waals surface area contributed by atoms with E-state index in [-0.39, 0.29) is 11.5 Å². The van der Waals surface area contributed by atoms with Crippen molar-refractivity contribution in [2.75, 3.05) is 13.1 Å². The summed E-state index contributed by atoms with van der Waals surface area (Å²) >= 11 is 6.15. The molecule has 144 valence electrons. The molecule has 2 heterocycles. The molecule has 0 spiro atoms. The lowest BCUT2D eigenvalue weighted by atomic mass is 9.97. The van der Waals surface area contributed by atoms with Crippen molar-refractivity contribution in [1.29, 1.82) is 0 Å². The van der Waals surface area contributed by atoms with E-state index in [1.54, 1.807) is 18.2 Å². The Balaban J connectivity index is 1.60. The van der Waals surface area contributed by atoms with E-state index in [2.05, 4.69) is 4.98 Å². The molecule has 1 saturated heterocycles. The van der Waals surface area contributed by atoms with Crippen LogP contribution in [0, 0.1) is 0 Å². The van der Waals surface area contributed by atoms with Gasteiger partial charge in [-0.25, -0.2) is 9.78 Å². The summed E-state index contributed by atoms with van der Waals surface area (Å²) in [5, 5.41) is 9.37. The summed E-state index contributed by atoms with van der Waals surface area (Å²) in [6.07, 6.45) is 0.494. The van der Waals surface area contributed by atoms with Gasteiger partial charge in [-0.1, -0.05) is 23.7 Å². The molecule has 1 aromatic heterocycles. The molecule has 0 radical (unpaired) electrons. The first-order chi connectivity index (χ1) is 13.4. The number of oxazole rings is 1. The van der Waals surface area contributed by atoms with Gasteiger partial charge in [-0.05, 0) is 48.2 Å². The molecule has 0 atom stereocenters. The fraction of sp³-hybridized carbons (Fsp3) is 0.250. The highest BCUT2D eigenvalue weighted by molar-refractivity contribution is 6.34. The number of benzene rings is 2. The molecule has 8 heteroatoms. The number of aromatic nitrogens is 1. The van der Waals surface area contributed by atoms with Crippen LogP contribution in [-0.4, -0.2) is 40.1 Å². The van der Waals surface area contributed by atoms with Gasteiger partial charge < -0.3 is 20.2 Å². The molecule has 3 aromatic rings. The second-order valence-electron chi connectivity index (χ2n) is 6.84. The molecule has 0 unspecified atom stereocenters. The molecular formula is C20H18ClN3O4. The molecule has 1 fully saturated rings. The average molecular weight is 400 g/mol. The molecule has 2 amide bonds. The first-order valence-electron chi connectivity index (χ1n) is 8.90. The molecule has 0 aliphatic carbocycles. The first-order valence-corrected chi connectivity index (χ1v) is 9.28. The monoisotopic (exact) mass is 399 g/mol. The van der Waals surface area contributed by atoms with Gasteiger partial charge in [0.05, 0.1) is 10.6 Å². The van der Waals surface area contributed by atoms with E-state index in [0.717, 1.165) is 16.6 Å². The maximum Gasteiger partial charge on any atom is 0.407 e. The number of piperidine rings is 1. The number of nitrogens with two attached hydrogens (primary N) is 1. The van der Waals surface area contributed by atoms with Crippen LogP contribution in [0.15, 0.2) is 40.8 Å². The summed E-state index contributed by atoms with van der Waals surface area (Å²) in [7, 11) is 0. The Morgan fingerprint density at radius 1 is 1.14 bits per heavy atom. The quantitative estimate of drug-likeness (QED) is 0.688. The van der Waals surface area contributed by atoms with Crippen LogP contribution in [0.4, 0.5) is 4.79 Å². The van der Waals surface area contributed by atoms with Crippen LogP contribution in [0.1, 0.15) is 35.0 Å². The number of halogens is 1. The molecule has 1 aliphatic rings. The van der Waals surface area contributed by atoms with Crippen LogP contribution in [0.2, 0.25) is 5.02 Å². The normalized spacial score (nSPS) is 15.1. The zero-order valence-corrected chi connectivity index (χ0v) is 15.6. The second-order valence-corrected chi connectivity index (χ2v) is 7.24. The van der Waals surface area contributed by atoms with Crippen LogP contribution in [0.25, 0.3) is 22.2 Å². The third kappa shape index (κ3) is 3.41. The Bertz CT molecular complexity index is 1070. The molecule has 0 saturated carbocycles. The topological polar surface area (TPSA) is 110 Å². The molecule has 2 aromatic carbocycles. The van der Waals surface area contributed by atoms with Crippen LogP contribution in [-0.2, 0) is 0 Å². The minimum atomic E-state index is -0.887. The summed E-state index contributed by atoms with van der Waals surface area (Å²) in [5.41, 5.74) is 8.72. The van der Waals surface area contributed by atoms with Gasteiger partial charge in [0.1, 0.15) is 5.52 Å². The lowest BCUT2D eigenvalue weighted by Crippen LogP contribution is -2.36. The van der Waals surface area contributed by atoms with E-state index in [1.807, 2.05) is 18.2 Å². The summed E-state index contributed by atoms with van der Waals surface area (Å²) in [5.74, 6) is 0.178. The lowest BCUT2D eigenvalue weighted by molar-refractivity contribution is 0.1000. The van der Waals surface area contributed by atoms with Crippen LogP contribution in [0.5, 0.6) is 0 Å². The number of fused-ring (bicyclic) bond motifs is 1. The maximum atomic E-state index is 11.3. The third-order valence-electron chi connectivity index (χ3n) is 5.09. The highest BCUT2D eigenvalue weighted by atomic mass is 35.5. The maximum absolute atomic E-state index is 11.3. The Hall–Kier alpha value is -3.06. The minimum Gasteiger partial charge on any atom is -0.465 e. The Labute approximate surface area is 165 Å². The van der Waals surface area contributed by atoms with Crippen LogP contribution >= 0.6 is 11.6 Å². The zero-order valence-electron chi connectivity index (χ0n) is 14.9. The van der Waals surface area contributed by atoms with E-state index in [9.17, 15) is 9.59 Å². The zero-order chi connectivity index (χ0) is 19.8.